The second kappa shape index (κ2) is 67.2. The zero-order valence-electron chi connectivity index (χ0n) is 63.7. The first-order valence-electron chi connectivity index (χ1n) is 40.2. The second-order valence-corrected chi connectivity index (χ2v) is 32.9. The average Bonchev–Trinajstić information content (AvgIpc) is 1.28. The minimum Gasteiger partial charge on any atom is -0.462 e. The molecule has 0 bridgehead atoms. The maximum absolute atomic E-state index is 13.1. The molecule has 0 aromatic rings. The number of aliphatic hydroxyl groups is 1. The van der Waals surface area contributed by atoms with Gasteiger partial charge in [-0.25, -0.2) is 9.13 Å². The summed E-state index contributed by atoms with van der Waals surface area (Å²) < 4.78 is 68.6. The molecule has 0 radical (unpaired) electrons. The first kappa shape index (κ1) is 95.1. The van der Waals surface area contributed by atoms with Crippen LogP contribution in [-0.2, 0) is 65.4 Å². The van der Waals surface area contributed by atoms with E-state index < -0.39 is 97.5 Å². The first-order valence-corrected chi connectivity index (χ1v) is 43.2. The summed E-state index contributed by atoms with van der Waals surface area (Å²) in [6.45, 7) is 14.2. The van der Waals surface area contributed by atoms with Gasteiger partial charge < -0.3 is 33.8 Å². The number of hydrogen-bond acceptors (Lipinski definition) is 15. The summed E-state index contributed by atoms with van der Waals surface area (Å²) in [5.74, 6) is 0.921. The van der Waals surface area contributed by atoms with Gasteiger partial charge in [0.2, 0.25) is 0 Å². The summed E-state index contributed by atoms with van der Waals surface area (Å²) in [6.07, 6.45) is 52.8. The molecule has 0 aliphatic heterocycles. The SMILES string of the molecule is CC(C)CCCCCCCCCCCCCCCCCC(=O)O[C@H](COC(=O)CCCCCCCCCCCCCCC(C)C)COP(=O)(O)OC[C@@H](O)COP(=O)(O)OC[C@@H](COC(=O)CCCCCCCCC(C)C)OC(=O)CCCCCCCCCCCCCCC(C)C. The third-order valence-corrected chi connectivity index (χ3v) is 20.0. The van der Waals surface area contributed by atoms with Crippen LogP contribution in [-0.4, -0.2) is 96.7 Å². The van der Waals surface area contributed by atoms with Crippen LogP contribution in [0.5, 0.6) is 0 Å². The van der Waals surface area contributed by atoms with E-state index in [1.807, 2.05) is 0 Å². The normalized spacial score (nSPS) is 14.1. The molecule has 0 aromatic carbocycles. The van der Waals surface area contributed by atoms with E-state index in [1.54, 1.807) is 0 Å². The van der Waals surface area contributed by atoms with Crippen molar-refractivity contribution in [3.8, 4) is 0 Å². The van der Waals surface area contributed by atoms with E-state index >= 15 is 0 Å². The molecule has 0 saturated heterocycles. The number of ether oxygens (including phenoxy) is 4. The number of phosphoric ester groups is 2. The number of carbonyl (C=O) groups excluding carboxylic acids is 4. The highest BCUT2D eigenvalue weighted by atomic mass is 31.2. The minimum atomic E-state index is -4.96. The lowest BCUT2D eigenvalue weighted by molar-refractivity contribution is -0.161. The Labute approximate surface area is 594 Å². The highest BCUT2D eigenvalue weighted by Gasteiger charge is 2.30. The van der Waals surface area contributed by atoms with Crippen LogP contribution in [0, 0.1) is 23.7 Å². The van der Waals surface area contributed by atoms with E-state index in [1.165, 1.54) is 193 Å². The van der Waals surface area contributed by atoms with Crippen LogP contribution in [0.2, 0.25) is 0 Å². The van der Waals surface area contributed by atoms with Gasteiger partial charge in [-0.1, -0.05) is 344 Å². The highest BCUT2D eigenvalue weighted by molar-refractivity contribution is 7.47. The number of aliphatic hydroxyl groups excluding tert-OH is 1. The van der Waals surface area contributed by atoms with Gasteiger partial charge in [0.15, 0.2) is 12.2 Å². The highest BCUT2D eigenvalue weighted by Crippen LogP contribution is 2.45. The Morgan fingerprint density at radius 3 is 0.639 bits per heavy atom. The summed E-state index contributed by atoms with van der Waals surface area (Å²) in [5, 5.41) is 10.6. The Morgan fingerprint density at radius 1 is 0.258 bits per heavy atom. The zero-order valence-corrected chi connectivity index (χ0v) is 65.5. The predicted molar refractivity (Wildman–Crippen MR) is 395 cm³/mol. The Morgan fingerprint density at radius 2 is 0.433 bits per heavy atom. The monoisotopic (exact) mass is 1420 g/mol. The van der Waals surface area contributed by atoms with Crippen LogP contribution >= 0.6 is 15.6 Å². The Balaban J connectivity index is 5.24. The van der Waals surface area contributed by atoms with E-state index in [4.69, 9.17) is 37.0 Å². The molecule has 0 spiro atoms. The molecule has 0 rings (SSSR count). The van der Waals surface area contributed by atoms with Crippen molar-refractivity contribution in [2.24, 2.45) is 23.7 Å². The van der Waals surface area contributed by atoms with Crippen molar-refractivity contribution >= 4 is 39.5 Å². The van der Waals surface area contributed by atoms with E-state index in [0.717, 1.165) is 114 Å². The molecule has 576 valence electrons. The van der Waals surface area contributed by atoms with Gasteiger partial charge in [0, 0.05) is 25.7 Å². The molecule has 97 heavy (non-hydrogen) atoms. The van der Waals surface area contributed by atoms with Crippen molar-refractivity contribution in [2.45, 2.75) is 414 Å². The molecule has 0 aliphatic carbocycles. The molecule has 2 unspecified atom stereocenters. The third-order valence-electron chi connectivity index (χ3n) is 18.1. The first-order chi connectivity index (χ1) is 46.6. The van der Waals surface area contributed by atoms with E-state index in [9.17, 15) is 43.2 Å². The van der Waals surface area contributed by atoms with Crippen molar-refractivity contribution in [1.29, 1.82) is 0 Å². The molecule has 3 N–H and O–H groups in total. The zero-order chi connectivity index (χ0) is 71.7. The number of carbonyl (C=O) groups is 4. The van der Waals surface area contributed by atoms with Crippen LogP contribution in [0.25, 0.3) is 0 Å². The smallest absolute Gasteiger partial charge is 0.462 e. The summed E-state index contributed by atoms with van der Waals surface area (Å²) in [4.78, 5) is 72.9. The van der Waals surface area contributed by atoms with Crippen LogP contribution in [0.3, 0.4) is 0 Å². The van der Waals surface area contributed by atoms with Crippen molar-refractivity contribution in [3.63, 3.8) is 0 Å². The molecule has 0 saturated carbocycles. The summed E-state index contributed by atoms with van der Waals surface area (Å²) in [5.41, 5.74) is 0. The van der Waals surface area contributed by atoms with Gasteiger partial charge in [-0.2, -0.15) is 0 Å². The molecule has 19 heteroatoms. The Kier molecular flexibility index (Phi) is 65.9. The number of rotatable bonds is 75. The Hall–Kier alpha value is -1.94. The molecule has 0 amide bonds. The minimum absolute atomic E-state index is 0.105. The number of esters is 4. The standard InChI is InChI=1S/C78H152O17P2/c1-68(2)54-46-38-30-24-18-12-10-9-11-13-22-28-34-44-52-60-77(82)94-73(64-88-75(80)58-50-42-33-27-21-16-14-19-25-31-39-47-55-69(3)4)66-92-96(84,85)90-62-72(79)63-91-97(86,87)93-67-74(65-89-76(81)59-51-43-37-36-41-49-57-71(7)8)95-78(83)61-53-45-35-29-23-17-15-20-26-32-40-48-56-70(5)6/h68-74,79H,9-67H2,1-8H3,(H,84,85)(H,86,87)/t72-,73-,74-/m1/s1. The molecule has 0 aliphatic rings. The third kappa shape index (κ3) is 72.2. The molecular formula is C78H152O17P2. The number of phosphoric acid groups is 2. The summed E-state index contributed by atoms with van der Waals surface area (Å²) >= 11 is 0. The van der Waals surface area contributed by atoms with E-state index in [0.29, 0.717) is 31.6 Å². The molecule has 0 heterocycles. The summed E-state index contributed by atoms with van der Waals surface area (Å²) in [6, 6.07) is 0. The maximum atomic E-state index is 13.1. The lowest BCUT2D eigenvalue weighted by Gasteiger charge is -2.21. The number of hydrogen-bond donors (Lipinski definition) is 3. The van der Waals surface area contributed by atoms with Gasteiger partial charge in [-0.3, -0.25) is 37.3 Å². The van der Waals surface area contributed by atoms with Crippen molar-refractivity contribution < 1.29 is 80.2 Å². The van der Waals surface area contributed by atoms with E-state index in [2.05, 4.69) is 55.4 Å². The van der Waals surface area contributed by atoms with Gasteiger partial charge in [-0.05, 0) is 49.4 Å². The predicted octanol–water partition coefficient (Wildman–Crippen LogP) is 22.8. The van der Waals surface area contributed by atoms with Gasteiger partial charge in [0.05, 0.1) is 26.4 Å². The fourth-order valence-corrected chi connectivity index (χ4v) is 13.5. The molecule has 0 aromatic heterocycles. The van der Waals surface area contributed by atoms with Crippen molar-refractivity contribution in [2.75, 3.05) is 39.6 Å². The Bertz CT molecular complexity index is 1900. The lowest BCUT2D eigenvalue weighted by atomic mass is 10.0. The number of unbranched alkanes of at least 4 members (excludes halogenated alkanes) is 41. The largest absolute Gasteiger partial charge is 0.472 e. The molecular weight excluding hydrogens is 1270 g/mol. The van der Waals surface area contributed by atoms with Crippen LogP contribution in [0.15, 0.2) is 0 Å². The van der Waals surface area contributed by atoms with Crippen LogP contribution in [0.1, 0.15) is 396 Å². The molecule has 0 fully saturated rings. The second-order valence-electron chi connectivity index (χ2n) is 30.0. The van der Waals surface area contributed by atoms with Gasteiger partial charge in [-0.15, -0.1) is 0 Å². The topological polar surface area (TPSA) is 237 Å². The fraction of sp³-hybridized carbons (Fsp3) is 0.949. The van der Waals surface area contributed by atoms with Crippen molar-refractivity contribution in [3.05, 3.63) is 0 Å². The fourth-order valence-electron chi connectivity index (χ4n) is 11.9. The quantitative estimate of drug-likeness (QED) is 0.0222. The maximum Gasteiger partial charge on any atom is 0.472 e. The van der Waals surface area contributed by atoms with Gasteiger partial charge in [0.1, 0.15) is 19.3 Å². The van der Waals surface area contributed by atoms with Gasteiger partial charge in [0.25, 0.3) is 0 Å². The molecule has 17 nitrogen and oxygen atoms in total. The van der Waals surface area contributed by atoms with Gasteiger partial charge >= 0.3 is 39.5 Å². The lowest BCUT2D eigenvalue weighted by Crippen LogP contribution is -2.30. The van der Waals surface area contributed by atoms with Crippen molar-refractivity contribution in [1.82, 2.24) is 0 Å². The van der Waals surface area contributed by atoms with E-state index in [-0.39, 0.29) is 25.7 Å². The summed E-state index contributed by atoms with van der Waals surface area (Å²) in [7, 11) is -9.92. The average molecular weight is 1420 g/mol. The van der Waals surface area contributed by atoms with Crippen LogP contribution in [0.4, 0.5) is 0 Å². The molecule has 5 atom stereocenters. The van der Waals surface area contributed by atoms with Crippen LogP contribution < -0.4 is 0 Å².